The van der Waals surface area contributed by atoms with Crippen LogP contribution in [0.5, 0.6) is 0 Å². The molecule has 0 spiro atoms. The zero-order valence-corrected chi connectivity index (χ0v) is 11.8. The highest BCUT2D eigenvalue weighted by atomic mass is 16.2. The van der Waals surface area contributed by atoms with Crippen molar-refractivity contribution in [2.24, 2.45) is 0 Å². The third-order valence-corrected chi connectivity index (χ3v) is 3.68. The van der Waals surface area contributed by atoms with Crippen LogP contribution in [0.1, 0.15) is 38.2 Å². The number of carbonyl (C=O) groups excluding carboxylic acids is 1. The fourth-order valence-corrected chi connectivity index (χ4v) is 2.60. The molecular weight excluding hydrogens is 236 g/mol. The number of hydrogen-bond donors (Lipinski definition) is 1. The molecule has 1 amide bonds. The predicted molar refractivity (Wildman–Crippen MR) is 77.8 cm³/mol. The van der Waals surface area contributed by atoms with Crippen molar-refractivity contribution in [3.8, 4) is 0 Å². The standard InChI is InChI=1S/C16H24N2O/c1-2-7-16(19)18-11-6-10-15(13-18)17-12-14-8-4-3-5-9-14/h3-5,8-9,15,17H,2,6-7,10-13H2,1H3. The summed E-state index contributed by atoms with van der Waals surface area (Å²) < 4.78 is 0. The number of carbonyl (C=O) groups is 1. The van der Waals surface area contributed by atoms with Gasteiger partial charge < -0.3 is 10.2 Å². The molecule has 1 saturated heterocycles. The molecule has 1 aliphatic heterocycles. The minimum absolute atomic E-state index is 0.314. The number of amides is 1. The normalized spacial score (nSPS) is 19.4. The maximum Gasteiger partial charge on any atom is 0.222 e. The summed E-state index contributed by atoms with van der Waals surface area (Å²) in [5, 5.41) is 3.57. The van der Waals surface area contributed by atoms with E-state index in [1.807, 2.05) is 11.0 Å². The second-order valence-electron chi connectivity index (χ2n) is 5.30. The number of likely N-dealkylation sites (tertiary alicyclic amines) is 1. The van der Waals surface area contributed by atoms with Gasteiger partial charge in [-0.25, -0.2) is 0 Å². The minimum Gasteiger partial charge on any atom is -0.341 e. The number of nitrogens with one attached hydrogen (secondary N) is 1. The molecule has 1 unspecified atom stereocenters. The first-order chi connectivity index (χ1) is 9.29. The zero-order chi connectivity index (χ0) is 13.5. The number of piperidine rings is 1. The van der Waals surface area contributed by atoms with Gasteiger partial charge >= 0.3 is 0 Å². The zero-order valence-electron chi connectivity index (χ0n) is 11.8. The van der Waals surface area contributed by atoms with Crippen molar-refractivity contribution in [2.75, 3.05) is 13.1 Å². The van der Waals surface area contributed by atoms with Crippen LogP contribution in [0.2, 0.25) is 0 Å². The quantitative estimate of drug-likeness (QED) is 0.882. The van der Waals surface area contributed by atoms with Crippen LogP contribution in [-0.2, 0) is 11.3 Å². The maximum atomic E-state index is 11.9. The van der Waals surface area contributed by atoms with Gasteiger partial charge in [0.15, 0.2) is 0 Å². The molecular formula is C16H24N2O. The van der Waals surface area contributed by atoms with E-state index < -0.39 is 0 Å². The Balaban J connectivity index is 1.79. The Morgan fingerprint density at radius 1 is 1.37 bits per heavy atom. The monoisotopic (exact) mass is 260 g/mol. The van der Waals surface area contributed by atoms with E-state index in [0.717, 1.165) is 32.5 Å². The van der Waals surface area contributed by atoms with Gasteiger partial charge in [0.1, 0.15) is 0 Å². The highest BCUT2D eigenvalue weighted by Crippen LogP contribution is 2.12. The van der Waals surface area contributed by atoms with Crippen LogP contribution < -0.4 is 5.32 Å². The van der Waals surface area contributed by atoms with Crippen molar-refractivity contribution in [1.82, 2.24) is 10.2 Å². The number of hydrogen-bond acceptors (Lipinski definition) is 2. The highest BCUT2D eigenvalue weighted by molar-refractivity contribution is 5.76. The van der Waals surface area contributed by atoms with Crippen LogP contribution >= 0.6 is 0 Å². The summed E-state index contributed by atoms with van der Waals surface area (Å²) in [4.78, 5) is 13.9. The average molecular weight is 260 g/mol. The molecule has 1 aromatic carbocycles. The maximum absolute atomic E-state index is 11.9. The molecule has 0 aromatic heterocycles. The van der Waals surface area contributed by atoms with Crippen LogP contribution in [0.4, 0.5) is 0 Å². The van der Waals surface area contributed by atoms with Gasteiger partial charge in [-0.15, -0.1) is 0 Å². The van der Waals surface area contributed by atoms with Gasteiger partial charge in [0.2, 0.25) is 5.91 Å². The molecule has 1 heterocycles. The Kier molecular flexibility index (Phi) is 5.40. The second-order valence-corrected chi connectivity index (χ2v) is 5.30. The summed E-state index contributed by atoms with van der Waals surface area (Å²) in [7, 11) is 0. The smallest absolute Gasteiger partial charge is 0.222 e. The van der Waals surface area contributed by atoms with E-state index in [1.54, 1.807) is 0 Å². The third kappa shape index (κ3) is 4.35. The molecule has 104 valence electrons. The molecule has 1 aliphatic rings. The van der Waals surface area contributed by atoms with Crippen molar-refractivity contribution in [2.45, 2.75) is 45.2 Å². The molecule has 0 aliphatic carbocycles. The molecule has 1 fully saturated rings. The summed E-state index contributed by atoms with van der Waals surface area (Å²) in [5.41, 5.74) is 1.31. The lowest BCUT2D eigenvalue weighted by atomic mass is 10.0. The molecule has 0 bridgehead atoms. The summed E-state index contributed by atoms with van der Waals surface area (Å²) in [6.45, 7) is 4.75. The van der Waals surface area contributed by atoms with E-state index in [1.165, 1.54) is 12.0 Å². The summed E-state index contributed by atoms with van der Waals surface area (Å²) in [5.74, 6) is 0.314. The van der Waals surface area contributed by atoms with Gasteiger partial charge in [-0.2, -0.15) is 0 Å². The Labute approximate surface area is 116 Å². The highest BCUT2D eigenvalue weighted by Gasteiger charge is 2.22. The van der Waals surface area contributed by atoms with E-state index in [2.05, 4.69) is 36.5 Å². The lowest BCUT2D eigenvalue weighted by molar-refractivity contribution is -0.132. The van der Waals surface area contributed by atoms with Crippen molar-refractivity contribution >= 4 is 5.91 Å². The molecule has 1 atom stereocenters. The van der Waals surface area contributed by atoms with Gasteiger partial charge in [-0.3, -0.25) is 4.79 Å². The van der Waals surface area contributed by atoms with Crippen LogP contribution in [0.3, 0.4) is 0 Å². The lowest BCUT2D eigenvalue weighted by Gasteiger charge is -2.33. The molecule has 3 nitrogen and oxygen atoms in total. The van der Waals surface area contributed by atoms with E-state index >= 15 is 0 Å². The van der Waals surface area contributed by atoms with Gasteiger partial charge in [0.05, 0.1) is 0 Å². The molecule has 0 saturated carbocycles. The number of benzene rings is 1. The molecule has 0 radical (unpaired) electrons. The second kappa shape index (κ2) is 7.29. The fraction of sp³-hybridized carbons (Fsp3) is 0.562. The van der Waals surface area contributed by atoms with Gasteiger partial charge in [-0.05, 0) is 24.8 Å². The van der Waals surface area contributed by atoms with Gasteiger partial charge in [-0.1, -0.05) is 37.3 Å². The van der Waals surface area contributed by atoms with E-state index in [4.69, 9.17) is 0 Å². The van der Waals surface area contributed by atoms with Crippen molar-refractivity contribution in [3.05, 3.63) is 35.9 Å². The van der Waals surface area contributed by atoms with Crippen LogP contribution in [0.25, 0.3) is 0 Å². The lowest BCUT2D eigenvalue weighted by Crippen LogP contribution is -2.47. The molecule has 1 aromatic rings. The van der Waals surface area contributed by atoms with Gasteiger partial charge in [0.25, 0.3) is 0 Å². The summed E-state index contributed by atoms with van der Waals surface area (Å²) in [6, 6.07) is 10.9. The average Bonchev–Trinajstić information content (AvgIpc) is 2.47. The Morgan fingerprint density at radius 3 is 2.89 bits per heavy atom. The Hall–Kier alpha value is -1.35. The summed E-state index contributed by atoms with van der Waals surface area (Å²) >= 11 is 0. The van der Waals surface area contributed by atoms with E-state index in [9.17, 15) is 4.79 Å². The van der Waals surface area contributed by atoms with E-state index in [-0.39, 0.29) is 0 Å². The number of nitrogens with zero attached hydrogens (tertiary/aromatic N) is 1. The molecule has 19 heavy (non-hydrogen) atoms. The molecule has 3 heteroatoms. The van der Waals surface area contributed by atoms with Crippen molar-refractivity contribution < 1.29 is 4.79 Å². The Bertz CT molecular complexity index is 391. The topological polar surface area (TPSA) is 32.3 Å². The first-order valence-corrected chi connectivity index (χ1v) is 7.34. The van der Waals surface area contributed by atoms with Gasteiger partial charge in [0, 0.05) is 32.1 Å². The first-order valence-electron chi connectivity index (χ1n) is 7.34. The third-order valence-electron chi connectivity index (χ3n) is 3.68. The number of rotatable bonds is 5. The largest absolute Gasteiger partial charge is 0.341 e. The van der Waals surface area contributed by atoms with Crippen LogP contribution in [0, 0.1) is 0 Å². The van der Waals surface area contributed by atoms with E-state index in [0.29, 0.717) is 18.4 Å². The minimum atomic E-state index is 0.314. The van der Waals surface area contributed by atoms with Crippen LogP contribution in [-0.4, -0.2) is 29.9 Å². The summed E-state index contributed by atoms with van der Waals surface area (Å²) in [6.07, 6.45) is 3.91. The molecule has 2 rings (SSSR count). The van der Waals surface area contributed by atoms with Crippen LogP contribution in [0.15, 0.2) is 30.3 Å². The van der Waals surface area contributed by atoms with Crippen molar-refractivity contribution in [1.29, 1.82) is 0 Å². The van der Waals surface area contributed by atoms with Crippen molar-refractivity contribution in [3.63, 3.8) is 0 Å². The fourth-order valence-electron chi connectivity index (χ4n) is 2.60. The first kappa shape index (κ1) is 14.1. The predicted octanol–water partition coefficient (Wildman–Crippen LogP) is 2.57. The Morgan fingerprint density at radius 2 is 2.16 bits per heavy atom. The SMILES string of the molecule is CCCC(=O)N1CCCC(NCc2ccccc2)C1. The molecule has 1 N–H and O–H groups in total.